The Morgan fingerprint density at radius 2 is 2.00 bits per heavy atom. The molecule has 0 radical (unpaired) electrons. The average molecular weight is 261 g/mol. The lowest BCUT2D eigenvalue weighted by atomic mass is 9.95. The molecule has 19 heavy (non-hydrogen) atoms. The van der Waals surface area contributed by atoms with Crippen molar-refractivity contribution in [1.82, 2.24) is 14.8 Å². The molecule has 0 N–H and O–H groups in total. The highest BCUT2D eigenvalue weighted by atomic mass is 19.1. The molecule has 2 heterocycles. The predicted octanol–water partition coefficient (Wildman–Crippen LogP) is 1.66. The van der Waals surface area contributed by atoms with Gasteiger partial charge < -0.3 is 0 Å². The minimum Gasteiger partial charge on any atom is -0.293 e. The minimum atomic E-state index is -0.873. The molecule has 6 heteroatoms. The number of pyridine rings is 1. The van der Waals surface area contributed by atoms with Gasteiger partial charge in [-0.1, -0.05) is 0 Å². The quantitative estimate of drug-likeness (QED) is 0.620. The summed E-state index contributed by atoms with van der Waals surface area (Å²) in [4.78, 5) is 27.8. The van der Waals surface area contributed by atoms with Crippen LogP contribution in [0.4, 0.5) is 4.39 Å². The Bertz CT molecular complexity index is 619. The Labute approximate surface area is 109 Å². The smallest absolute Gasteiger partial charge is 0.191 e. The standard InChI is InChI=1S/C13H12FN3O2/c1-8(12(18)9-5-16-17(2)7-9)13(19)11-4-3-10(14)6-15-11/h3-8H,1-2H3. The molecule has 0 amide bonds. The fourth-order valence-corrected chi connectivity index (χ4v) is 1.66. The van der Waals surface area contributed by atoms with Gasteiger partial charge in [0.2, 0.25) is 0 Å². The summed E-state index contributed by atoms with van der Waals surface area (Å²) in [6.45, 7) is 1.50. The zero-order chi connectivity index (χ0) is 14.0. The van der Waals surface area contributed by atoms with Crippen molar-refractivity contribution in [3.8, 4) is 0 Å². The van der Waals surface area contributed by atoms with Gasteiger partial charge in [-0.2, -0.15) is 5.10 Å². The van der Waals surface area contributed by atoms with Crippen LogP contribution in [0.1, 0.15) is 27.8 Å². The molecule has 98 valence electrons. The molecule has 0 aromatic carbocycles. The van der Waals surface area contributed by atoms with Crippen LogP contribution >= 0.6 is 0 Å². The number of hydrogen-bond donors (Lipinski definition) is 0. The Morgan fingerprint density at radius 1 is 1.26 bits per heavy atom. The molecule has 0 aliphatic carbocycles. The Hall–Kier alpha value is -2.37. The number of halogens is 1. The molecule has 2 aromatic rings. The number of carbonyl (C=O) groups is 2. The molecule has 0 fully saturated rings. The van der Waals surface area contributed by atoms with E-state index >= 15 is 0 Å². The second kappa shape index (κ2) is 5.09. The van der Waals surface area contributed by atoms with Gasteiger partial charge in [-0.15, -0.1) is 0 Å². The highest BCUT2D eigenvalue weighted by Crippen LogP contribution is 2.13. The normalized spacial score (nSPS) is 12.2. The molecule has 1 unspecified atom stereocenters. The maximum absolute atomic E-state index is 12.7. The van der Waals surface area contributed by atoms with Gasteiger partial charge in [0.05, 0.1) is 23.9 Å². The molecular formula is C13H12FN3O2. The summed E-state index contributed by atoms with van der Waals surface area (Å²) in [5, 5.41) is 3.88. The van der Waals surface area contributed by atoms with Crippen LogP contribution in [0.2, 0.25) is 0 Å². The highest BCUT2D eigenvalue weighted by molar-refractivity contribution is 6.14. The maximum Gasteiger partial charge on any atom is 0.191 e. The number of Topliss-reactive ketones (excluding diaryl/α,β-unsaturated/α-hetero) is 2. The molecule has 0 aliphatic heterocycles. The van der Waals surface area contributed by atoms with Crippen LogP contribution in [0.25, 0.3) is 0 Å². The third-order valence-corrected chi connectivity index (χ3v) is 2.76. The third kappa shape index (κ3) is 2.73. The molecule has 0 saturated heterocycles. The van der Waals surface area contributed by atoms with E-state index < -0.39 is 17.5 Å². The van der Waals surface area contributed by atoms with E-state index in [4.69, 9.17) is 0 Å². The first-order valence-corrected chi connectivity index (χ1v) is 5.67. The Kier molecular flexibility index (Phi) is 3.50. The highest BCUT2D eigenvalue weighted by Gasteiger charge is 2.25. The zero-order valence-corrected chi connectivity index (χ0v) is 10.5. The monoisotopic (exact) mass is 261 g/mol. The zero-order valence-electron chi connectivity index (χ0n) is 10.5. The predicted molar refractivity (Wildman–Crippen MR) is 65.2 cm³/mol. The average Bonchev–Trinajstić information content (AvgIpc) is 2.84. The van der Waals surface area contributed by atoms with Crippen molar-refractivity contribution in [1.29, 1.82) is 0 Å². The molecule has 0 spiro atoms. The fraction of sp³-hybridized carbons (Fsp3) is 0.231. The number of aryl methyl sites for hydroxylation is 1. The summed E-state index contributed by atoms with van der Waals surface area (Å²) in [6, 6.07) is 2.41. The summed E-state index contributed by atoms with van der Waals surface area (Å²) in [5.41, 5.74) is 0.441. The molecule has 0 bridgehead atoms. The largest absolute Gasteiger partial charge is 0.293 e. The van der Waals surface area contributed by atoms with E-state index in [2.05, 4.69) is 10.1 Å². The van der Waals surface area contributed by atoms with Crippen LogP contribution in [0.3, 0.4) is 0 Å². The van der Waals surface area contributed by atoms with Gasteiger partial charge in [0, 0.05) is 13.2 Å². The molecule has 2 rings (SSSR count). The lowest BCUT2D eigenvalue weighted by molar-refractivity contribution is 0.0817. The molecular weight excluding hydrogens is 249 g/mol. The van der Waals surface area contributed by atoms with Gasteiger partial charge in [0.1, 0.15) is 11.5 Å². The van der Waals surface area contributed by atoms with Crippen molar-refractivity contribution in [3.05, 3.63) is 47.8 Å². The van der Waals surface area contributed by atoms with Gasteiger partial charge in [-0.25, -0.2) is 4.39 Å². The van der Waals surface area contributed by atoms with Crippen molar-refractivity contribution in [2.45, 2.75) is 6.92 Å². The number of ketones is 2. The van der Waals surface area contributed by atoms with Crippen LogP contribution in [-0.2, 0) is 7.05 Å². The lowest BCUT2D eigenvalue weighted by Crippen LogP contribution is -2.22. The summed E-state index contributed by atoms with van der Waals surface area (Å²) in [6.07, 6.45) is 3.91. The SMILES string of the molecule is CC(C(=O)c1cnn(C)c1)C(=O)c1ccc(F)cn1. The second-order valence-corrected chi connectivity index (χ2v) is 4.21. The topological polar surface area (TPSA) is 64.8 Å². The van der Waals surface area contributed by atoms with Crippen LogP contribution in [0.5, 0.6) is 0 Å². The molecule has 0 aliphatic rings. The number of carbonyl (C=O) groups excluding carboxylic acids is 2. The van der Waals surface area contributed by atoms with Gasteiger partial charge in [-0.05, 0) is 19.1 Å². The number of rotatable bonds is 4. The van der Waals surface area contributed by atoms with E-state index in [1.165, 1.54) is 23.9 Å². The van der Waals surface area contributed by atoms with Crippen molar-refractivity contribution >= 4 is 11.6 Å². The number of aromatic nitrogens is 3. The van der Waals surface area contributed by atoms with Crippen LogP contribution in [0.15, 0.2) is 30.7 Å². The minimum absolute atomic E-state index is 0.0751. The second-order valence-electron chi connectivity index (χ2n) is 4.21. The summed E-state index contributed by atoms with van der Waals surface area (Å²) in [5.74, 6) is -2.16. The van der Waals surface area contributed by atoms with Crippen molar-refractivity contribution in [3.63, 3.8) is 0 Å². The maximum atomic E-state index is 12.7. The van der Waals surface area contributed by atoms with E-state index in [0.29, 0.717) is 5.56 Å². The van der Waals surface area contributed by atoms with Crippen molar-refractivity contribution in [2.75, 3.05) is 0 Å². The lowest BCUT2D eigenvalue weighted by Gasteiger charge is -2.07. The van der Waals surface area contributed by atoms with E-state index in [1.54, 1.807) is 13.2 Å². The molecule has 2 aromatic heterocycles. The molecule has 1 atom stereocenters. The molecule has 5 nitrogen and oxygen atoms in total. The van der Waals surface area contributed by atoms with Crippen LogP contribution < -0.4 is 0 Å². The van der Waals surface area contributed by atoms with E-state index in [1.807, 2.05) is 0 Å². The first-order chi connectivity index (χ1) is 8.99. The summed E-state index contributed by atoms with van der Waals surface area (Å²) >= 11 is 0. The first-order valence-electron chi connectivity index (χ1n) is 5.67. The van der Waals surface area contributed by atoms with Crippen LogP contribution in [-0.4, -0.2) is 26.3 Å². The van der Waals surface area contributed by atoms with E-state index in [0.717, 1.165) is 12.3 Å². The Balaban J connectivity index is 2.19. The third-order valence-electron chi connectivity index (χ3n) is 2.76. The van der Waals surface area contributed by atoms with Gasteiger partial charge in [0.15, 0.2) is 11.6 Å². The molecule has 0 saturated carbocycles. The number of nitrogens with zero attached hydrogens (tertiary/aromatic N) is 3. The fourth-order valence-electron chi connectivity index (χ4n) is 1.66. The van der Waals surface area contributed by atoms with Gasteiger partial charge >= 0.3 is 0 Å². The number of hydrogen-bond acceptors (Lipinski definition) is 4. The van der Waals surface area contributed by atoms with Crippen LogP contribution in [0, 0.1) is 11.7 Å². The summed E-state index contributed by atoms with van der Waals surface area (Å²) in [7, 11) is 1.69. The van der Waals surface area contributed by atoms with Crippen molar-refractivity contribution < 1.29 is 14.0 Å². The van der Waals surface area contributed by atoms with E-state index in [9.17, 15) is 14.0 Å². The van der Waals surface area contributed by atoms with Gasteiger partial charge in [0.25, 0.3) is 0 Å². The summed E-state index contributed by atoms with van der Waals surface area (Å²) < 4.78 is 14.2. The Morgan fingerprint density at radius 3 is 2.53 bits per heavy atom. The van der Waals surface area contributed by atoms with E-state index in [-0.39, 0.29) is 11.5 Å². The van der Waals surface area contributed by atoms with Gasteiger partial charge in [-0.3, -0.25) is 19.3 Å². The first kappa shape index (κ1) is 13.1. The van der Waals surface area contributed by atoms with Crippen molar-refractivity contribution in [2.24, 2.45) is 13.0 Å².